The predicted molar refractivity (Wildman–Crippen MR) is 162 cm³/mol. The Hall–Kier alpha value is -4.27. The molecule has 46 heavy (non-hydrogen) atoms. The number of nitrogens with zero attached hydrogens (tertiary/aromatic N) is 7. The van der Waals surface area contributed by atoms with E-state index in [0.717, 1.165) is 19.0 Å². The number of anilines is 1. The average Bonchev–Trinajstić information content (AvgIpc) is 3.55. The van der Waals surface area contributed by atoms with Crippen LogP contribution in [0.15, 0.2) is 22.9 Å². The van der Waals surface area contributed by atoms with Crippen molar-refractivity contribution in [2.75, 3.05) is 25.0 Å². The number of pyridine rings is 1. The van der Waals surface area contributed by atoms with Crippen molar-refractivity contribution in [2.24, 2.45) is 0 Å². The number of alkyl halides is 3. The van der Waals surface area contributed by atoms with Crippen LogP contribution in [0, 0.1) is 13.8 Å². The maximum absolute atomic E-state index is 14.4. The summed E-state index contributed by atoms with van der Waals surface area (Å²) >= 11 is 0. The van der Waals surface area contributed by atoms with Crippen LogP contribution in [0.2, 0.25) is 0 Å². The number of fused-ring (bicyclic) bond motifs is 1. The molecule has 1 unspecified atom stereocenters. The lowest BCUT2D eigenvalue weighted by molar-refractivity contribution is -0.137. The summed E-state index contributed by atoms with van der Waals surface area (Å²) in [6.07, 6.45) is -1.20. The molecular weight excluding hydrogens is 605 g/mol. The summed E-state index contributed by atoms with van der Waals surface area (Å²) < 4.78 is 61.8. The fourth-order valence-corrected chi connectivity index (χ4v) is 5.91. The molecule has 0 saturated carbocycles. The highest BCUT2D eigenvalue weighted by Crippen LogP contribution is 2.40. The average molecular weight is 643 g/mol. The van der Waals surface area contributed by atoms with Crippen LogP contribution < -0.4 is 5.32 Å². The molecule has 4 aromatic rings. The van der Waals surface area contributed by atoms with Crippen molar-refractivity contribution in [3.63, 3.8) is 0 Å². The Morgan fingerprint density at radius 1 is 1.07 bits per heavy atom. The number of hydrogen-bond acceptors (Lipinski definition) is 10. The number of hydrogen-bond donors (Lipinski definition) is 1. The van der Waals surface area contributed by atoms with Gasteiger partial charge >= 0.3 is 12.3 Å². The molecule has 2 aliphatic rings. The van der Waals surface area contributed by atoms with Gasteiger partial charge in [0.2, 0.25) is 5.95 Å². The standard InChI is InChI=1S/C31H37F3N8O4/c1-17-24(18(2)46-40-17)22-12-11-20-25(39-42(27(20)37-22)23-10-6-7-14-44-23)26-21(31(32,33)34)15-35-28(38-26)36-19-9-8-13-41(16-19)29(43)45-30(3,4)5/h11-12,15,19,23H,6-10,13-14,16H2,1-5H3,(H,35,36,38)/t19-,23?/m0/s1. The molecule has 1 amide bonds. The summed E-state index contributed by atoms with van der Waals surface area (Å²) in [4.78, 5) is 27.5. The van der Waals surface area contributed by atoms with Crippen molar-refractivity contribution in [3.8, 4) is 22.6 Å². The number of ether oxygens (including phenoxy) is 2. The second-order valence-electron chi connectivity index (χ2n) is 12.7. The third kappa shape index (κ3) is 6.50. The first kappa shape index (κ1) is 31.7. The van der Waals surface area contributed by atoms with E-state index < -0.39 is 29.7 Å². The first-order valence-electron chi connectivity index (χ1n) is 15.4. The number of aryl methyl sites for hydroxylation is 2. The van der Waals surface area contributed by atoms with Crippen LogP contribution >= 0.6 is 0 Å². The highest BCUT2D eigenvalue weighted by Gasteiger charge is 2.38. The molecule has 1 N–H and O–H groups in total. The number of nitrogens with one attached hydrogen (secondary N) is 1. The van der Waals surface area contributed by atoms with E-state index in [2.05, 4.69) is 25.5 Å². The van der Waals surface area contributed by atoms with Crippen molar-refractivity contribution >= 4 is 23.1 Å². The lowest BCUT2D eigenvalue weighted by Crippen LogP contribution is -2.47. The highest BCUT2D eigenvalue weighted by atomic mass is 19.4. The SMILES string of the molecule is Cc1noc(C)c1-c1ccc2c(-c3nc(N[C@H]4CCCN(C(=O)OC(C)(C)C)C4)ncc3C(F)(F)F)nn(C3CCCCO3)c2n1. The van der Waals surface area contributed by atoms with Gasteiger partial charge in [-0.25, -0.2) is 24.4 Å². The third-order valence-electron chi connectivity index (χ3n) is 8.00. The summed E-state index contributed by atoms with van der Waals surface area (Å²) in [5.74, 6) is 0.569. The van der Waals surface area contributed by atoms with E-state index >= 15 is 0 Å². The molecule has 6 rings (SSSR count). The van der Waals surface area contributed by atoms with Gasteiger partial charge in [0.25, 0.3) is 0 Å². The lowest BCUT2D eigenvalue weighted by Gasteiger charge is -2.34. The summed E-state index contributed by atoms with van der Waals surface area (Å²) in [5.41, 5.74) is 0.223. The van der Waals surface area contributed by atoms with E-state index in [-0.39, 0.29) is 23.4 Å². The van der Waals surface area contributed by atoms with Gasteiger partial charge in [-0.3, -0.25) is 0 Å². The Morgan fingerprint density at radius 2 is 1.87 bits per heavy atom. The van der Waals surface area contributed by atoms with E-state index in [0.29, 0.717) is 72.7 Å². The quantitative estimate of drug-likeness (QED) is 0.251. The zero-order valence-electron chi connectivity index (χ0n) is 26.4. The monoisotopic (exact) mass is 642 g/mol. The summed E-state index contributed by atoms with van der Waals surface area (Å²) in [6, 6.07) is 3.11. The minimum atomic E-state index is -4.76. The van der Waals surface area contributed by atoms with Crippen LogP contribution in [0.3, 0.4) is 0 Å². The molecule has 2 atom stereocenters. The molecule has 15 heteroatoms. The third-order valence-corrected chi connectivity index (χ3v) is 8.00. The minimum Gasteiger partial charge on any atom is -0.444 e. The van der Waals surface area contributed by atoms with E-state index in [1.54, 1.807) is 56.3 Å². The number of amides is 1. The Labute approximate surface area is 263 Å². The molecule has 12 nitrogen and oxygen atoms in total. The first-order valence-corrected chi connectivity index (χ1v) is 15.4. The second kappa shape index (κ2) is 12.2. The lowest BCUT2D eigenvalue weighted by atomic mass is 10.1. The van der Waals surface area contributed by atoms with E-state index in [4.69, 9.17) is 19.0 Å². The van der Waals surface area contributed by atoms with Crippen LogP contribution in [-0.2, 0) is 15.7 Å². The highest BCUT2D eigenvalue weighted by molar-refractivity contribution is 5.92. The van der Waals surface area contributed by atoms with Gasteiger partial charge in [-0.1, -0.05) is 5.16 Å². The van der Waals surface area contributed by atoms with Crippen molar-refractivity contribution in [1.82, 2.24) is 34.8 Å². The van der Waals surface area contributed by atoms with Gasteiger partial charge in [0.05, 0.1) is 17.0 Å². The molecule has 2 fully saturated rings. The van der Waals surface area contributed by atoms with E-state index in [9.17, 15) is 18.0 Å². The molecule has 0 radical (unpaired) electrons. The smallest absolute Gasteiger partial charge is 0.420 e. The molecular formula is C31H37F3N8O4. The number of likely N-dealkylation sites (tertiary alicyclic amines) is 1. The minimum absolute atomic E-state index is 0.00374. The van der Waals surface area contributed by atoms with Gasteiger partial charge in [-0.05, 0) is 78.9 Å². The number of aromatic nitrogens is 6. The molecule has 246 valence electrons. The predicted octanol–water partition coefficient (Wildman–Crippen LogP) is 6.69. The van der Waals surface area contributed by atoms with Crippen molar-refractivity contribution < 1.29 is 32.0 Å². The molecule has 0 spiro atoms. The number of rotatable bonds is 5. The van der Waals surface area contributed by atoms with Gasteiger partial charge in [0, 0.05) is 37.3 Å². The fraction of sp³-hybridized carbons (Fsp3) is 0.548. The number of halogens is 3. The van der Waals surface area contributed by atoms with Gasteiger partial charge in [0.1, 0.15) is 28.3 Å². The zero-order valence-corrected chi connectivity index (χ0v) is 26.4. The van der Waals surface area contributed by atoms with E-state index in [1.807, 2.05) is 0 Å². The summed E-state index contributed by atoms with van der Waals surface area (Å²) in [5, 5.41) is 12.2. The van der Waals surface area contributed by atoms with Gasteiger partial charge in [-0.2, -0.15) is 18.3 Å². The Bertz CT molecular complexity index is 1720. The molecule has 0 bridgehead atoms. The van der Waals surface area contributed by atoms with Gasteiger partial charge in [0.15, 0.2) is 11.9 Å². The maximum atomic E-state index is 14.4. The molecule has 0 aromatic carbocycles. The van der Waals surface area contributed by atoms with Crippen LogP contribution in [0.1, 0.15) is 76.1 Å². The maximum Gasteiger partial charge on any atom is 0.420 e. The number of carbonyl (C=O) groups excluding carboxylic acids is 1. The second-order valence-corrected chi connectivity index (χ2v) is 12.7. The van der Waals surface area contributed by atoms with Crippen LogP contribution in [-0.4, -0.2) is 72.2 Å². The Balaban J connectivity index is 1.40. The van der Waals surface area contributed by atoms with Crippen LogP contribution in [0.25, 0.3) is 33.7 Å². The molecule has 2 aliphatic heterocycles. The van der Waals surface area contributed by atoms with Crippen LogP contribution in [0.5, 0.6) is 0 Å². The normalized spacial score (nSPS) is 19.4. The fourth-order valence-electron chi connectivity index (χ4n) is 5.91. The molecule has 2 saturated heterocycles. The van der Waals surface area contributed by atoms with Crippen LogP contribution in [0.4, 0.5) is 23.9 Å². The summed E-state index contributed by atoms with van der Waals surface area (Å²) in [6.45, 7) is 10.3. The molecule has 6 heterocycles. The first-order chi connectivity index (χ1) is 21.8. The summed E-state index contributed by atoms with van der Waals surface area (Å²) in [7, 11) is 0. The Kier molecular flexibility index (Phi) is 8.38. The van der Waals surface area contributed by atoms with Crippen molar-refractivity contribution in [1.29, 1.82) is 0 Å². The topological polar surface area (TPSA) is 133 Å². The van der Waals surface area contributed by atoms with Gasteiger partial charge < -0.3 is 24.2 Å². The largest absolute Gasteiger partial charge is 0.444 e. The van der Waals surface area contributed by atoms with Crippen molar-refractivity contribution in [2.45, 2.75) is 90.8 Å². The molecule has 4 aromatic heterocycles. The molecule has 0 aliphatic carbocycles. The van der Waals surface area contributed by atoms with Crippen molar-refractivity contribution in [3.05, 3.63) is 35.3 Å². The van der Waals surface area contributed by atoms with E-state index in [1.165, 1.54) is 0 Å². The zero-order chi connectivity index (χ0) is 32.8. The number of piperidine rings is 1. The Morgan fingerprint density at radius 3 is 2.54 bits per heavy atom. The number of carbonyl (C=O) groups is 1. The van der Waals surface area contributed by atoms with Gasteiger partial charge in [-0.15, -0.1) is 0 Å².